The van der Waals surface area contributed by atoms with E-state index in [2.05, 4.69) is 10.3 Å². The first-order chi connectivity index (χ1) is 9.97. The van der Waals surface area contributed by atoms with Gasteiger partial charge in [-0.15, -0.1) is 0 Å². The second kappa shape index (κ2) is 6.68. The number of aliphatic hydroxyl groups excluding tert-OH is 1. The van der Waals surface area contributed by atoms with Crippen LogP contribution in [0.2, 0.25) is 0 Å². The first-order valence-electron chi connectivity index (χ1n) is 7.30. The zero-order chi connectivity index (χ0) is 15.4. The number of aliphatic hydroxyl groups is 1. The van der Waals surface area contributed by atoms with E-state index in [9.17, 15) is 9.90 Å². The third-order valence-electron chi connectivity index (χ3n) is 3.44. The highest BCUT2D eigenvalue weighted by molar-refractivity contribution is 6.06. The molecule has 2 atom stereocenters. The highest BCUT2D eigenvalue weighted by atomic mass is 16.3. The number of aryl methyl sites for hydroxylation is 1. The van der Waals surface area contributed by atoms with Gasteiger partial charge in [-0.2, -0.15) is 0 Å². The molecule has 0 aliphatic rings. The number of amides is 1. The molecular formula is C17H22N2O2. The largest absolute Gasteiger partial charge is 0.393 e. The summed E-state index contributed by atoms with van der Waals surface area (Å²) >= 11 is 0. The molecule has 2 N–H and O–H groups in total. The Labute approximate surface area is 125 Å². The normalized spacial score (nSPS) is 13.9. The molecule has 112 valence electrons. The zero-order valence-corrected chi connectivity index (χ0v) is 12.8. The second-order valence-electron chi connectivity index (χ2n) is 5.73. The van der Waals surface area contributed by atoms with Crippen LogP contribution < -0.4 is 5.32 Å². The number of benzene rings is 1. The van der Waals surface area contributed by atoms with Gasteiger partial charge in [0.25, 0.3) is 5.91 Å². The molecule has 0 fully saturated rings. The van der Waals surface area contributed by atoms with Gasteiger partial charge in [0.05, 0.1) is 17.2 Å². The summed E-state index contributed by atoms with van der Waals surface area (Å²) in [5.74, 6) is 0.150. The summed E-state index contributed by atoms with van der Waals surface area (Å²) < 4.78 is 0. The van der Waals surface area contributed by atoms with E-state index in [4.69, 9.17) is 0 Å². The van der Waals surface area contributed by atoms with Gasteiger partial charge in [0.15, 0.2) is 0 Å². The molecule has 21 heavy (non-hydrogen) atoms. The number of rotatable bonds is 5. The maximum absolute atomic E-state index is 12.4. The standard InChI is InChI=1S/C17H22N2O2/c1-11(8-13(3)20)10-18-17(21)15-9-12(2)19-16-7-5-4-6-14(15)16/h4-7,9,11,13,20H,8,10H2,1-3H3,(H,18,21)/t11-,13+/m1/s1. The molecule has 4 nitrogen and oxygen atoms in total. The Balaban J connectivity index is 2.16. The van der Waals surface area contributed by atoms with Crippen molar-refractivity contribution >= 4 is 16.8 Å². The van der Waals surface area contributed by atoms with Crippen molar-refractivity contribution in [1.29, 1.82) is 0 Å². The number of carbonyl (C=O) groups is 1. The maximum Gasteiger partial charge on any atom is 0.252 e. The molecule has 0 radical (unpaired) electrons. The van der Waals surface area contributed by atoms with Gasteiger partial charge in [0.2, 0.25) is 0 Å². The number of fused-ring (bicyclic) bond motifs is 1. The fraction of sp³-hybridized carbons (Fsp3) is 0.412. The van der Waals surface area contributed by atoms with Gasteiger partial charge in [-0.25, -0.2) is 0 Å². The molecule has 0 saturated carbocycles. The molecule has 0 spiro atoms. The van der Waals surface area contributed by atoms with E-state index in [0.29, 0.717) is 18.5 Å². The van der Waals surface area contributed by atoms with Crippen LogP contribution >= 0.6 is 0 Å². The Bertz CT molecular complexity index is 638. The lowest BCUT2D eigenvalue weighted by molar-refractivity contribution is 0.0941. The van der Waals surface area contributed by atoms with E-state index in [1.54, 1.807) is 6.92 Å². The van der Waals surface area contributed by atoms with Crippen molar-refractivity contribution in [3.05, 3.63) is 41.6 Å². The fourth-order valence-corrected chi connectivity index (χ4v) is 2.52. The van der Waals surface area contributed by atoms with Crippen molar-refractivity contribution < 1.29 is 9.90 Å². The monoisotopic (exact) mass is 286 g/mol. The quantitative estimate of drug-likeness (QED) is 0.888. The summed E-state index contributed by atoms with van der Waals surface area (Å²) in [6, 6.07) is 9.47. The molecular weight excluding hydrogens is 264 g/mol. The van der Waals surface area contributed by atoms with E-state index in [0.717, 1.165) is 16.6 Å². The second-order valence-corrected chi connectivity index (χ2v) is 5.73. The molecule has 0 unspecified atom stereocenters. The summed E-state index contributed by atoms with van der Waals surface area (Å²) in [6.07, 6.45) is 0.331. The zero-order valence-electron chi connectivity index (χ0n) is 12.8. The van der Waals surface area contributed by atoms with Crippen molar-refractivity contribution in [1.82, 2.24) is 10.3 Å². The minimum absolute atomic E-state index is 0.0888. The van der Waals surface area contributed by atoms with Crippen molar-refractivity contribution in [3.8, 4) is 0 Å². The molecule has 1 aromatic carbocycles. The third kappa shape index (κ3) is 4.02. The molecule has 0 saturated heterocycles. The first-order valence-corrected chi connectivity index (χ1v) is 7.30. The molecule has 1 heterocycles. The molecule has 1 amide bonds. The summed E-state index contributed by atoms with van der Waals surface area (Å²) in [5, 5.41) is 13.2. The summed E-state index contributed by atoms with van der Waals surface area (Å²) in [7, 11) is 0. The number of aromatic nitrogens is 1. The fourth-order valence-electron chi connectivity index (χ4n) is 2.52. The Morgan fingerprint density at radius 2 is 2.05 bits per heavy atom. The predicted molar refractivity (Wildman–Crippen MR) is 84.3 cm³/mol. The number of hydrogen-bond donors (Lipinski definition) is 2. The number of nitrogens with zero attached hydrogens (tertiary/aromatic N) is 1. The lowest BCUT2D eigenvalue weighted by Gasteiger charge is -2.15. The highest BCUT2D eigenvalue weighted by Crippen LogP contribution is 2.18. The van der Waals surface area contributed by atoms with Gasteiger partial charge >= 0.3 is 0 Å². The van der Waals surface area contributed by atoms with Crippen molar-refractivity contribution in [2.75, 3.05) is 6.54 Å². The molecule has 1 aromatic heterocycles. The Morgan fingerprint density at radius 1 is 1.33 bits per heavy atom. The van der Waals surface area contributed by atoms with Gasteiger partial charge in [-0.05, 0) is 38.3 Å². The van der Waals surface area contributed by atoms with Gasteiger partial charge in [-0.3, -0.25) is 9.78 Å². The Morgan fingerprint density at radius 3 is 2.76 bits per heavy atom. The SMILES string of the molecule is Cc1cc(C(=O)NC[C@H](C)C[C@H](C)O)c2ccccc2n1. The van der Waals surface area contributed by atoms with Crippen LogP contribution in [0.15, 0.2) is 30.3 Å². The van der Waals surface area contributed by atoms with E-state index in [1.807, 2.05) is 44.2 Å². The van der Waals surface area contributed by atoms with Crippen LogP contribution in [0.4, 0.5) is 0 Å². The van der Waals surface area contributed by atoms with Crippen LogP contribution in [-0.2, 0) is 0 Å². The van der Waals surface area contributed by atoms with Crippen LogP contribution in [0.5, 0.6) is 0 Å². The molecule has 2 rings (SSSR count). The average molecular weight is 286 g/mol. The predicted octanol–water partition coefficient (Wildman–Crippen LogP) is 2.68. The number of hydrogen-bond acceptors (Lipinski definition) is 3. The van der Waals surface area contributed by atoms with Crippen LogP contribution in [0.25, 0.3) is 10.9 Å². The molecule has 0 aliphatic heterocycles. The molecule has 2 aromatic rings. The smallest absolute Gasteiger partial charge is 0.252 e. The number of carbonyl (C=O) groups excluding carboxylic acids is 1. The van der Waals surface area contributed by atoms with E-state index in [1.165, 1.54) is 0 Å². The minimum Gasteiger partial charge on any atom is -0.393 e. The Kier molecular flexibility index (Phi) is 4.91. The van der Waals surface area contributed by atoms with E-state index >= 15 is 0 Å². The lowest BCUT2D eigenvalue weighted by Crippen LogP contribution is -2.29. The van der Waals surface area contributed by atoms with Gasteiger partial charge in [0, 0.05) is 17.6 Å². The summed E-state index contributed by atoms with van der Waals surface area (Å²) in [6.45, 7) is 6.22. The summed E-state index contributed by atoms with van der Waals surface area (Å²) in [5.41, 5.74) is 2.32. The summed E-state index contributed by atoms with van der Waals surface area (Å²) in [4.78, 5) is 16.8. The topological polar surface area (TPSA) is 62.2 Å². The first kappa shape index (κ1) is 15.4. The molecule has 4 heteroatoms. The number of para-hydroxylation sites is 1. The van der Waals surface area contributed by atoms with E-state index in [-0.39, 0.29) is 17.9 Å². The highest BCUT2D eigenvalue weighted by Gasteiger charge is 2.13. The Hall–Kier alpha value is -1.94. The third-order valence-corrected chi connectivity index (χ3v) is 3.44. The lowest BCUT2D eigenvalue weighted by atomic mass is 10.0. The van der Waals surface area contributed by atoms with Crippen LogP contribution in [-0.4, -0.2) is 28.6 Å². The maximum atomic E-state index is 12.4. The average Bonchev–Trinajstić information content (AvgIpc) is 2.43. The number of nitrogens with one attached hydrogen (secondary N) is 1. The van der Waals surface area contributed by atoms with Crippen molar-refractivity contribution in [2.45, 2.75) is 33.3 Å². The van der Waals surface area contributed by atoms with Crippen LogP contribution in [0.3, 0.4) is 0 Å². The minimum atomic E-state index is -0.346. The number of pyridine rings is 1. The molecule has 0 bridgehead atoms. The molecule has 0 aliphatic carbocycles. The van der Waals surface area contributed by atoms with Gasteiger partial charge < -0.3 is 10.4 Å². The van der Waals surface area contributed by atoms with Crippen molar-refractivity contribution in [2.24, 2.45) is 5.92 Å². The van der Waals surface area contributed by atoms with Crippen molar-refractivity contribution in [3.63, 3.8) is 0 Å². The van der Waals surface area contributed by atoms with Crippen LogP contribution in [0, 0.1) is 12.8 Å². The van der Waals surface area contributed by atoms with Gasteiger partial charge in [-0.1, -0.05) is 25.1 Å². The van der Waals surface area contributed by atoms with Crippen LogP contribution in [0.1, 0.15) is 36.3 Å². The van der Waals surface area contributed by atoms with Gasteiger partial charge in [0.1, 0.15) is 0 Å². The van der Waals surface area contributed by atoms with E-state index < -0.39 is 0 Å².